The van der Waals surface area contributed by atoms with Crippen LogP contribution in [0.25, 0.3) is 0 Å². The molecule has 1 heterocycles. The largest absolute Gasteiger partial charge is 0.454 e. The highest BCUT2D eigenvalue weighted by molar-refractivity contribution is 6.32. The van der Waals surface area contributed by atoms with Gasteiger partial charge < -0.3 is 14.8 Å². The zero-order valence-corrected chi connectivity index (χ0v) is 10.5. The summed E-state index contributed by atoms with van der Waals surface area (Å²) in [4.78, 5) is 0. The zero-order valence-electron chi connectivity index (χ0n) is 9.76. The molecule has 0 fully saturated rings. The molecule has 0 unspecified atom stereocenters. The zero-order chi connectivity index (χ0) is 11.8. The molecule has 16 heavy (non-hydrogen) atoms. The summed E-state index contributed by atoms with van der Waals surface area (Å²) in [5.74, 6) is 1.40. The topological polar surface area (TPSA) is 30.5 Å². The van der Waals surface area contributed by atoms with Crippen molar-refractivity contribution in [1.82, 2.24) is 5.32 Å². The molecule has 1 N–H and O–H groups in total. The van der Waals surface area contributed by atoms with Gasteiger partial charge in [0.1, 0.15) is 0 Å². The summed E-state index contributed by atoms with van der Waals surface area (Å²) in [5.41, 5.74) is 1.19. The molecular formula is C12H16ClNO2. The Morgan fingerprint density at radius 3 is 2.81 bits per heavy atom. The van der Waals surface area contributed by atoms with Crippen LogP contribution in [-0.2, 0) is 6.42 Å². The minimum Gasteiger partial charge on any atom is -0.454 e. The van der Waals surface area contributed by atoms with Crippen molar-refractivity contribution in [3.63, 3.8) is 0 Å². The molecule has 0 saturated heterocycles. The van der Waals surface area contributed by atoms with E-state index in [1.165, 1.54) is 0 Å². The van der Waals surface area contributed by atoms with Gasteiger partial charge in [0, 0.05) is 5.54 Å². The van der Waals surface area contributed by atoms with Crippen LogP contribution in [0.3, 0.4) is 0 Å². The number of fused-ring (bicyclic) bond motifs is 1. The maximum absolute atomic E-state index is 6.12. The van der Waals surface area contributed by atoms with E-state index >= 15 is 0 Å². The van der Waals surface area contributed by atoms with Gasteiger partial charge in [0.2, 0.25) is 6.79 Å². The Morgan fingerprint density at radius 2 is 2.12 bits per heavy atom. The van der Waals surface area contributed by atoms with Crippen LogP contribution >= 0.6 is 11.6 Å². The van der Waals surface area contributed by atoms with Gasteiger partial charge in [0.25, 0.3) is 0 Å². The molecule has 0 bridgehead atoms. The van der Waals surface area contributed by atoms with Gasteiger partial charge >= 0.3 is 0 Å². The molecule has 0 atom stereocenters. The van der Waals surface area contributed by atoms with Crippen LogP contribution in [0.4, 0.5) is 0 Å². The van der Waals surface area contributed by atoms with E-state index in [2.05, 4.69) is 19.2 Å². The van der Waals surface area contributed by atoms with Crippen molar-refractivity contribution in [1.29, 1.82) is 0 Å². The molecule has 3 nitrogen and oxygen atoms in total. The lowest BCUT2D eigenvalue weighted by Gasteiger charge is -2.24. The Morgan fingerprint density at radius 1 is 1.38 bits per heavy atom. The van der Waals surface area contributed by atoms with Crippen LogP contribution in [0, 0.1) is 0 Å². The van der Waals surface area contributed by atoms with Crippen molar-refractivity contribution < 1.29 is 9.47 Å². The van der Waals surface area contributed by atoms with Crippen LogP contribution in [-0.4, -0.2) is 19.4 Å². The number of nitrogens with one attached hydrogen (secondary N) is 1. The van der Waals surface area contributed by atoms with E-state index in [1.54, 1.807) is 0 Å². The second-order valence-electron chi connectivity index (χ2n) is 4.62. The number of benzene rings is 1. The van der Waals surface area contributed by atoms with Gasteiger partial charge in [0.15, 0.2) is 11.5 Å². The van der Waals surface area contributed by atoms with Gasteiger partial charge in [-0.3, -0.25) is 0 Å². The van der Waals surface area contributed by atoms with Crippen molar-refractivity contribution in [3.8, 4) is 11.5 Å². The van der Waals surface area contributed by atoms with Gasteiger partial charge in [-0.25, -0.2) is 0 Å². The van der Waals surface area contributed by atoms with Crippen LogP contribution in [0.5, 0.6) is 11.5 Å². The van der Waals surface area contributed by atoms with E-state index in [1.807, 2.05) is 19.2 Å². The molecule has 1 aromatic carbocycles. The number of likely N-dealkylation sites (N-methyl/N-ethyl adjacent to an activating group) is 1. The monoisotopic (exact) mass is 241 g/mol. The first-order chi connectivity index (χ1) is 7.52. The molecule has 0 radical (unpaired) electrons. The minimum atomic E-state index is 0.0387. The number of ether oxygens (including phenoxy) is 2. The summed E-state index contributed by atoms with van der Waals surface area (Å²) in [7, 11) is 1.95. The highest BCUT2D eigenvalue weighted by atomic mass is 35.5. The van der Waals surface area contributed by atoms with E-state index in [4.69, 9.17) is 21.1 Å². The van der Waals surface area contributed by atoms with Crippen LogP contribution in [0.2, 0.25) is 5.02 Å². The molecule has 4 heteroatoms. The van der Waals surface area contributed by atoms with Gasteiger partial charge in [-0.05, 0) is 45.0 Å². The van der Waals surface area contributed by atoms with Gasteiger partial charge in [0.05, 0.1) is 5.02 Å². The van der Waals surface area contributed by atoms with Gasteiger partial charge in [-0.15, -0.1) is 0 Å². The average molecular weight is 242 g/mol. The first-order valence-electron chi connectivity index (χ1n) is 5.29. The second kappa shape index (κ2) is 4.15. The predicted molar refractivity (Wildman–Crippen MR) is 64.4 cm³/mol. The Hall–Kier alpha value is -0.930. The maximum atomic E-state index is 6.12. The summed E-state index contributed by atoms with van der Waals surface area (Å²) >= 11 is 6.12. The molecule has 1 aliphatic rings. The molecule has 0 amide bonds. The number of rotatable bonds is 3. The lowest BCUT2D eigenvalue weighted by atomic mass is 9.95. The molecule has 1 aromatic rings. The fourth-order valence-electron chi connectivity index (χ4n) is 1.72. The molecular weight excluding hydrogens is 226 g/mol. The summed E-state index contributed by atoms with van der Waals surface area (Å²) in [6.45, 7) is 4.55. The summed E-state index contributed by atoms with van der Waals surface area (Å²) in [6, 6.07) is 3.93. The fraction of sp³-hybridized carbons (Fsp3) is 0.500. The molecule has 0 spiro atoms. The summed E-state index contributed by atoms with van der Waals surface area (Å²) < 4.78 is 10.6. The van der Waals surface area contributed by atoms with Crippen LogP contribution in [0.15, 0.2) is 12.1 Å². The van der Waals surface area contributed by atoms with E-state index in [0.717, 1.165) is 17.7 Å². The molecule has 1 aliphatic heterocycles. The van der Waals surface area contributed by atoms with E-state index in [0.29, 0.717) is 10.8 Å². The summed E-state index contributed by atoms with van der Waals surface area (Å²) in [5, 5.41) is 3.88. The molecule has 0 aliphatic carbocycles. The van der Waals surface area contributed by atoms with Crippen LogP contribution < -0.4 is 14.8 Å². The normalized spacial score (nSPS) is 14.2. The van der Waals surface area contributed by atoms with Gasteiger partial charge in [-0.1, -0.05) is 11.6 Å². The molecule has 2 rings (SSSR count). The third kappa shape index (κ3) is 2.25. The fourth-order valence-corrected chi connectivity index (χ4v) is 2.01. The predicted octanol–water partition coefficient (Wildman–Crippen LogP) is 2.61. The quantitative estimate of drug-likeness (QED) is 0.883. The first-order valence-corrected chi connectivity index (χ1v) is 5.66. The standard InChI is InChI=1S/C12H16ClNO2/c1-12(2,14-3)6-8-4-9(13)11-10(5-8)15-7-16-11/h4-5,14H,6-7H2,1-3H3. The van der Waals surface area contributed by atoms with E-state index in [-0.39, 0.29) is 12.3 Å². The Labute approximate surface area is 101 Å². The van der Waals surface area contributed by atoms with E-state index < -0.39 is 0 Å². The van der Waals surface area contributed by atoms with E-state index in [9.17, 15) is 0 Å². The Bertz CT molecular complexity index is 404. The third-order valence-corrected chi connectivity index (χ3v) is 3.09. The van der Waals surface area contributed by atoms with Crippen molar-refractivity contribution in [2.45, 2.75) is 25.8 Å². The summed E-state index contributed by atoms with van der Waals surface area (Å²) in [6.07, 6.45) is 0.889. The molecule has 0 saturated carbocycles. The van der Waals surface area contributed by atoms with Crippen LogP contribution in [0.1, 0.15) is 19.4 Å². The lowest BCUT2D eigenvalue weighted by molar-refractivity contribution is 0.174. The number of hydrogen-bond acceptors (Lipinski definition) is 3. The van der Waals surface area contributed by atoms with Crippen molar-refractivity contribution in [3.05, 3.63) is 22.7 Å². The minimum absolute atomic E-state index is 0.0387. The lowest BCUT2D eigenvalue weighted by Crippen LogP contribution is -2.38. The number of hydrogen-bond donors (Lipinski definition) is 1. The average Bonchev–Trinajstić information content (AvgIpc) is 2.65. The maximum Gasteiger partial charge on any atom is 0.231 e. The van der Waals surface area contributed by atoms with Crippen molar-refractivity contribution in [2.75, 3.05) is 13.8 Å². The Kier molecular flexibility index (Phi) is 3.00. The Balaban J connectivity index is 2.27. The smallest absolute Gasteiger partial charge is 0.231 e. The first kappa shape index (κ1) is 11.6. The van der Waals surface area contributed by atoms with Crippen molar-refractivity contribution >= 4 is 11.6 Å². The second-order valence-corrected chi connectivity index (χ2v) is 5.03. The third-order valence-electron chi connectivity index (χ3n) is 2.81. The van der Waals surface area contributed by atoms with Gasteiger partial charge in [-0.2, -0.15) is 0 Å². The number of halogens is 1. The molecule has 88 valence electrons. The molecule has 0 aromatic heterocycles. The highest BCUT2D eigenvalue weighted by Gasteiger charge is 2.21. The highest BCUT2D eigenvalue weighted by Crippen LogP contribution is 2.40. The van der Waals surface area contributed by atoms with Crippen molar-refractivity contribution in [2.24, 2.45) is 0 Å². The SMILES string of the molecule is CNC(C)(C)Cc1cc(Cl)c2c(c1)OCO2.